The molecule has 3 amide bonds. The van der Waals surface area contributed by atoms with E-state index in [1.54, 1.807) is 23.1 Å². The molecule has 1 aromatic rings. The number of carbonyl (C=O) groups is 2. The Balaban J connectivity index is 1.59. The van der Waals surface area contributed by atoms with Crippen molar-refractivity contribution in [3.8, 4) is 0 Å². The Hall–Kier alpha value is -1.79. The van der Waals surface area contributed by atoms with Crippen molar-refractivity contribution < 1.29 is 9.59 Å². The van der Waals surface area contributed by atoms with E-state index in [2.05, 4.69) is 16.0 Å². The average molecular weight is 351 g/mol. The molecule has 2 fully saturated rings. The van der Waals surface area contributed by atoms with Crippen molar-refractivity contribution in [3.63, 3.8) is 0 Å². The van der Waals surface area contributed by atoms with Gasteiger partial charge in [0.05, 0.1) is 10.7 Å². The number of piperidine rings is 1. The van der Waals surface area contributed by atoms with E-state index in [1.807, 2.05) is 0 Å². The molecule has 0 bridgehead atoms. The normalized spacial score (nSPS) is 20.8. The molecule has 2 saturated heterocycles. The first-order valence-corrected chi connectivity index (χ1v) is 8.87. The molecule has 24 heavy (non-hydrogen) atoms. The molecule has 1 atom stereocenters. The maximum absolute atomic E-state index is 12.4. The first-order chi connectivity index (χ1) is 11.6. The number of nitrogens with zero attached hydrogens (tertiary/aromatic N) is 1. The largest absolute Gasteiger partial charge is 0.352 e. The van der Waals surface area contributed by atoms with Crippen LogP contribution in [0.5, 0.6) is 0 Å². The van der Waals surface area contributed by atoms with Crippen LogP contribution in [-0.4, -0.2) is 44.7 Å². The zero-order valence-electron chi connectivity index (χ0n) is 13.6. The SMILES string of the molecule is O=C(NCCC1CCCNC1)c1ccc(Cl)c(N2CCNC2=O)c1. The fraction of sp³-hybridized carbons (Fsp3) is 0.529. The molecule has 0 radical (unpaired) electrons. The fourth-order valence-corrected chi connectivity index (χ4v) is 3.44. The molecule has 2 aliphatic rings. The number of urea groups is 1. The van der Waals surface area contributed by atoms with Crippen LogP contribution in [0.15, 0.2) is 18.2 Å². The molecule has 0 aliphatic carbocycles. The molecule has 6 nitrogen and oxygen atoms in total. The third-order valence-corrected chi connectivity index (χ3v) is 4.91. The highest BCUT2D eigenvalue weighted by Gasteiger charge is 2.24. The number of hydrogen-bond acceptors (Lipinski definition) is 3. The third kappa shape index (κ3) is 3.99. The van der Waals surface area contributed by atoms with Crippen molar-refractivity contribution in [3.05, 3.63) is 28.8 Å². The van der Waals surface area contributed by atoms with Gasteiger partial charge in [-0.1, -0.05) is 11.6 Å². The van der Waals surface area contributed by atoms with Crippen molar-refractivity contribution in [2.24, 2.45) is 5.92 Å². The van der Waals surface area contributed by atoms with Gasteiger partial charge in [-0.3, -0.25) is 9.69 Å². The van der Waals surface area contributed by atoms with Crippen LogP contribution in [0.4, 0.5) is 10.5 Å². The number of hydrogen-bond donors (Lipinski definition) is 3. The van der Waals surface area contributed by atoms with E-state index in [0.29, 0.717) is 41.8 Å². The summed E-state index contributed by atoms with van der Waals surface area (Å²) >= 11 is 6.19. The molecule has 0 spiro atoms. The van der Waals surface area contributed by atoms with E-state index in [-0.39, 0.29) is 11.9 Å². The second kappa shape index (κ2) is 7.85. The van der Waals surface area contributed by atoms with Gasteiger partial charge in [-0.05, 0) is 56.5 Å². The Morgan fingerprint density at radius 2 is 2.25 bits per heavy atom. The summed E-state index contributed by atoms with van der Waals surface area (Å²) < 4.78 is 0. The molecule has 3 rings (SSSR count). The van der Waals surface area contributed by atoms with Crippen molar-refractivity contribution in [1.29, 1.82) is 0 Å². The molecule has 3 N–H and O–H groups in total. The third-order valence-electron chi connectivity index (χ3n) is 4.59. The lowest BCUT2D eigenvalue weighted by molar-refractivity contribution is 0.0950. The lowest BCUT2D eigenvalue weighted by atomic mass is 9.96. The van der Waals surface area contributed by atoms with Gasteiger partial charge in [0.1, 0.15) is 0 Å². The van der Waals surface area contributed by atoms with Crippen molar-refractivity contribution in [2.75, 3.05) is 37.6 Å². The van der Waals surface area contributed by atoms with E-state index >= 15 is 0 Å². The minimum Gasteiger partial charge on any atom is -0.352 e. The van der Waals surface area contributed by atoms with Crippen LogP contribution in [0, 0.1) is 5.92 Å². The molecule has 1 aromatic carbocycles. The zero-order chi connectivity index (χ0) is 16.9. The molecule has 0 saturated carbocycles. The number of benzene rings is 1. The van der Waals surface area contributed by atoms with Gasteiger partial charge in [0.25, 0.3) is 5.91 Å². The monoisotopic (exact) mass is 350 g/mol. The molecular weight excluding hydrogens is 328 g/mol. The van der Waals surface area contributed by atoms with Gasteiger partial charge in [-0.2, -0.15) is 0 Å². The van der Waals surface area contributed by atoms with Crippen LogP contribution in [0.25, 0.3) is 0 Å². The molecule has 0 aromatic heterocycles. The molecule has 1 unspecified atom stereocenters. The number of halogens is 1. The van der Waals surface area contributed by atoms with Gasteiger partial charge >= 0.3 is 6.03 Å². The number of carbonyl (C=O) groups excluding carboxylic acids is 2. The second-order valence-electron chi connectivity index (χ2n) is 6.31. The van der Waals surface area contributed by atoms with Gasteiger partial charge in [0, 0.05) is 25.2 Å². The summed E-state index contributed by atoms with van der Waals surface area (Å²) in [5.41, 5.74) is 1.10. The van der Waals surface area contributed by atoms with Crippen LogP contribution in [0.3, 0.4) is 0 Å². The van der Waals surface area contributed by atoms with Gasteiger partial charge in [0.15, 0.2) is 0 Å². The predicted molar refractivity (Wildman–Crippen MR) is 94.7 cm³/mol. The number of amides is 3. The molecule has 130 valence electrons. The van der Waals surface area contributed by atoms with Gasteiger partial charge in [0.2, 0.25) is 0 Å². The minimum atomic E-state index is -0.181. The first-order valence-electron chi connectivity index (χ1n) is 8.49. The quantitative estimate of drug-likeness (QED) is 0.760. The maximum Gasteiger partial charge on any atom is 0.322 e. The maximum atomic E-state index is 12.4. The number of anilines is 1. The van der Waals surface area contributed by atoms with E-state index in [9.17, 15) is 9.59 Å². The summed E-state index contributed by atoms with van der Waals surface area (Å²) in [6, 6.07) is 4.86. The van der Waals surface area contributed by atoms with E-state index < -0.39 is 0 Å². The predicted octanol–water partition coefficient (Wildman–Crippen LogP) is 1.99. The lowest BCUT2D eigenvalue weighted by Gasteiger charge is -2.22. The van der Waals surface area contributed by atoms with Gasteiger partial charge in [-0.15, -0.1) is 0 Å². The van der Waals surface area contributed by atoms with Crippen LogP contribution >= 0.6 is 11.6 Å². The van der Waals surface area contributed by atoms with E-state index in [4.69, 9.17) is 11.6 Å². The Bertz CT molecular complexity index is 617. The second-order valence-corrected chi connectivity index (χ2v) is 6.71. The van der Waals surface area contributed by atoms with Crippen molar-refractivity contribution >= 4 is 29.2 Å². The summed E-state index contributed by atoms with van der Waals surface area (Å²) in [7, 11) is 0. The summed E-state index contributed by atoms with van der Waals surface area (Å²) in [6.45, 7) is 3.93. The fourth-order valence-electron chi connectivity index (χ4n) is 3.22. The van der Waals surface area contributed by atoms with Crippen LogP contribution in [0.1, 0.15) is 29.6 Å². The molecule has 2 aliphatic heterocycles. The lowest BCUT2D eigenvalue weighted by Crippen LogP contribution is -2.33. The summed E-state index contributed by atoms with van der Waals surface area (Å²) in [5.74, 6) is 0.504. The first kappa shape index (κ1) is 17.0. The Morgan fingerprint density at radius 3 is 2.96 bits per heavy atom. The summed E-state index contributed by atoms with van der Waals surface area (Å²) in [5, 5.41) is 9.55. The smallest absolute Gasteiger partial charge is 0.322 e. The zero-order valence-corrected chi connectivity index (χ0v) is 14.4. The van der Waals surface area contributed by atoms with Crippen LogP contribution < -0.4 is 20.9 Å². The van der Waals surface area contributed by atoms with E-state index in [1.165, 1.54) is 12.8 Å². The van der Waals surface area contributed by atoms with Crippen LogP contribution in [0.2, 0.25) is 5.02 Å². The highest BCUT2D eigenvalue weighted by Crippen LogP contribution is 2.28. The molecular formula is C17H23ClN4O2. The summed E-state index contributed by atoms with van der Waals surface area (Å²) in [4.78, 5) is 25.7. The highest BCUT2D eigenvalue weighted by molar-refractivity contribution is 6.34. The Labute approximate surface area is 146 Å². The topological polar surface area (TPSA) is 73.5 Å². The average Bonchev–Trinajstić information content (AvgIpc) is 3.02. The Morgan fingerprint density at radius 1 is 1.38 bits per heavy atom. The summed E-state index contributed by atoms with van der Waals surface area (Å²) in [6.07, 6.45) is 3.41. The van der Waals surface area contributed by atoms with Gasteiger partial charge < -0.3 is 16.0 Å². The number of nitrogens with one attached hydrogen (secondary N) is 3. The van der Waals surface area contributed by atoms with Crippen molar-refractivity contribution in [1.82, 2.24) is 16.0 Å². The minimum absolute atomic E-state index is 0.128. The standard InChI is InChI=1S/C17H23ClN4O2/c18-14-4-3-13(10-15(14)22-9-8-21-17(22)24)16(23)20-7-5-12-2-1-6-19-11-12/h3-4,10,12,19H,1-2,5-9,11H2,(H,20,23)(H,21,24). The molecule has 2 heterocycles. The van der Waals surface area contributed by atoms with E-state index in [0.717, 1.165) is 19.5 Å². The van der Waals surface area contributed by atoms with Gasteiger partial charge in [-0.25, -0.2) is 4.79 Å². The van der Waals surface area contributed by atoms with Crippen LogP contribution in [-0.2, 0) is 0 Å². The highest BCUT2D eigenvalue weighted by atomic mass is 35.5. The number of rotatable bonds is 5. The molecule has 7 heteroatoms. The van der Waals surface area contributed by atoms with Crippen molar-refractivity contribution in [2.45, 2.75) is 19.3 Å². The Kier molecular flexibility index (Phi) is 5.58.